The van der Waals surface area contributed by atoms with Crippen molar-refractivity contribution >= 4 is 44.9 Å². The summed E-state index contributed by atoms with van der Waals surface area (Å²) in [6.07, 6.45) is 3.11. The summed E-state index contributed by atoms with van der Waals surface area (Å²) in [6.45, 7) is 0.693. The van der Waals surface area contributed by atoms with Gasteiger partial charge in [-0.15, -0.1) is 0 Å². The Morgan fingerprint density at radius 3 is 2.94 bits per heavy atom. The zero-order valence-corrected chi connectivity index (χ0v) is 12.3. The smallest absolute Gasteiger partial charge is 0.129 e. The molecule has 0 aliphatic carbocycles. The van der Waals surface area contributed by atoms with Crippen molar-refractivity contribution in [3.05, 3.63) is 28.2 Å². The predicted molar refractivity (Wildman–Crippen MR) is 78.5 cm³/mol. The van der Waals surface area contributed by atoms with Gasteiger partial charge in [0.15, 0.2) is 0 Å². The topological polar surface area (TPSA) is 35.2 Å². The molecule has 0 fully saturated rings. The second kappa shape index (κ2) is 7.14. The van der Waals surface area contributed by atoms with Gasteiger partial charge in [0.05, 0.1) is 12.2 Å². The Balaban J connectivity index is 2.67. The predicted octanol–water partition coefficient (Wildman–Crippen LogP) is 3.22. The Hall–Kier alpha value is -0.260. The fourth-order valence-corrected chi connectivity index (χ4v) is 2.13. The second-order valence-corrected chi connectivity index (χ2v) is 5.54. The van der Waals surface area contributed by atoms with E-state index >= 15 is 0 Å². The van der Waals surface area contributed by atoms with Gasteiger partial charge in [0, 0.05) is 4.47 Å². The van der Waals surface area contributed by atoms with Crippen molar-refractivity contribution in [1.82, 2.24) is 0 Å². The molecular formula is C11H14BrNOS2. The van der Waals surface area contributed by atoms with Gasteiger partial charge in [-0.2, -0.15) is 11.8 Å². The zero-order chi connectivity index (χ0) is 12.0. The summed E-state index contributed by atoms with van der Waals surface area (Å²) < 4.78 is 6.60. The largest absolute Gasteiger partial charge is 0.493 e. The molecule has 16 heavy (non-hydrogen) atoms. The molecule has 1 aromatic carbocycles. The number of hydrogen-bond acceptors (Lipinski definition) is 3. The van der Waals surface area contributed by atoms with Crippen LogP contribution in [0.3, 0.4) is 0 Å². The number of thiocarbonyl (C=S) groups is 1. The van der Waals surface area contributed by atoms with Gasteiger partial charge < -0.3 is 10.5 Å². The number of ether oxygens (including phenoxy) is 1. The Morgan fingerprint density at radius 2 is 2.31 bits per heavy atom. The third-order valence-electron chi connectivity index (χ3n) is 1.96. The van der Waals surface area contributed by atoms with Crippen LogP contribution in [-0.4, -0.2) is 23.6 Å². The molecule has 0 bridgehead atoms. The van der Waals surface area contributed by atoms with Crippen LogP contribution < -0.4 is 10.5 Å². The van der Waals surface area contributed by atoms with Crippen LogP contribution in [0.25, 0.3) is 0 Å². The van der Waals surface area contributed by atoms with Gasteiger partial charge in [0.2, 0.25) is 0 Å². The van der Waals surface area contributed by atoms with Crippen LogP contribution >= 0.6 is 39.9 Å². The van der Waals surface area contributed by atoms with Crippen molar-refractivity contribution in [1.29, 1.82) is 0 Å². The summed E-state index contributed by atoms with van der Waals surface area (Å²) in [5.74, 6) is 1.86. The SMILES string of the molecule is CSCCCOc1ccc(Br)cc1C(N)=S. The molecule has 0 atom stereocenters. The van der Waals surface area contributed by atoms with Crippen LogP contribution in [0, 0.1) is 0 Å². The van der Waals surface area contributed by atoms with Crippen molar-refractivity contribution in [3.8, 4) is 5.75 Å². The average molecular weight is 320 g/mol. The highest BCUT2D eigenvalue weighted by atomic mass is 79.9. The van der Waals surface area contributed by atoms with E-state index < -0.39 is 0 Å². The molecule has 88 valence electrons. The van der Waals surface area contributed by atoms with Gasteiger partial charge in [-0.25, -0.2) is 0 Å². The van der Waals surface area contributed by atoms with E-state index in [1.807, 2.05) is 30.0 Å². The maximum absolute atomic E-state index is 5.65. The number of halogens is 1. The Labute approximate surface area is 114 Å². The highest BCUT2D eigenvalue weighted by Crippen LogP contribution is 2.23. The van der Waals surface area contributed by atoms with Crippen LogP contribution in [0.4, 0.5) is 0 Å². The molecule has 0 aliphatic rings. The van der Waals surface area contributed by atoms with E-state index in [1.165, 1.54) is 0 Å². The lowest BCUT2D eigenvalue weighted by Crippen LogP contribution is -2.12. The lowest BCUT2D eigenvalue weighted by molar-refractivity contribution is 0.318. The van der Waals surface area contributed by atoms with E-state index in [9.17, 15) is 0 Å². The van der Waals surface area contributed by atoms with E-state index in [0.29, 0.717) is 11.6 Å². The summed E-state index contributed by atoms with van der Waals surface area (Å²) >= 11 is 10.2. The molecule has 0 saturated heterocycles. The Kier molecular flexibility index (Phi) is 6.16. The number of hydrogen-bond donors (Lipinski definition) is 1. The zero-order valence-electron chi connectivity index (χ0n) is 9.03. The fraction of sp³-hybridized carbons (Fsp3) is 0.364. The van der Waals surface area contributed by atoms with Crippen molar-refractivity contribution in [2.45, 2.75) is 6.42 Å². The summed E-state index contributed by atoms with van der Waals surface area (Å²) in [5.41, 5.74) is 6.43. The minimum atomic E-state index is 0.362. The molecule has 0 saturated carbocycles. The van der Waals surface area contributed by atoms with Crippen molar-refractivity contribution in [3.63, 3.8) is 0 Å². The van der Waals surface area contributed by atoms with E-state index in [0.717, 1.165) is 28.0 Å². The van der Waals surface area contributed by atoms with Crippen LogP contribution in [0.2, 0.25) is 0 Å². The van der Waals surface area contributed by atoms with Crippen molar-refractivity contribution < 1.29 is 4.74 Å². The maximum atomic E-state index is 5.65. The molecule has 0 aromatic heterocycles. The number of nitrogens with two attached hydrogens (primary N) is 1. The molecule has 0 unspecified atom stereocenters. The summed E-state index contributed by atoms with van der Waals surface area (Å²) in [5, 5.41) is 0. The molecule has 1 rings (SSSR count). The third-order valence-corrected chi connectivity index (χ3v) is 3.37. The molecule has 0 aliphatic heterocycles. The quantitative estimate of drug-likeness (QED) is 0.645. The monoisotopic (exact) mass is 319 g/mol. The molecule has 0 spiro atoms. The van der Waals surface area contributed by atoms with Gasteiger partial charge >= 0.3 is 0 Å². The minimum absolute atomic E-state index is 0.362. The highest BCUT2D eigenvalue weighted by Gasteiger charge is 2.06. The summed E-state index contributed by atoms with van der Waals surface area (Å²) in [7, 11) is 0. The van der Waals surface area contributed by atoms with E-state index in [4.69, 9.17) is 22.7 Å². The van der Waals surface area contributed by atoms with Crippen LogP contribution in [0.15, 0.2) is 22.7 Å². The van der Waals surface area contributed by atoms with E-state index in [2.05, 4.69) is 22.2 Å². The molecule has 2 N–H and O–H groups in total. The first kappa shape index (κ1) is 13.8. The lowest BCUT2D eigenvalue weighted by Gasteiger charge is -2.10. The first-order chi connectivity index (χ1) is 7.65. The van der Waals surface area contributed by atoms with Gasteiger partial charge in [0.25, 0.3) is 0 Å². The second-order valence-electron chi connectivity index (χ2n) is 3.20. The van der Waals surface area contributed by atoms with Crippen LogP contribution in [0.5, 0.6) is 5.75 Å². The molecule has 1 aromatic rings. The minimum Gasteiger partial charge on any atom is -0.493 e. The van der Waals surface area contributed by atoms with Gasteiger partial charge in [-0.1, -0.05) is 28.1 Å². The summed E-state index contributed by atoms with van der Waals surface area (Å²) in [6, 6.07) is 5.69. The highest BCUT2D eigenvalue weighted by molar-refractivity contribution is 9.10. The Bertz CT molecular complexity index is 371. The molecule has 0 heterocycles. The molecule has 5 heteroatoms. The normalized spacial score (nSPS) is 10.1. The number of thioether (sulfide) groups is 1. The van der Waals surface area contributed by atoms with Crippen LogP contribution in [0.1, 0.15) is 12.0 Å². The first-order valence-electron chi connectivity index (χ1n) is 4.86. The first-order valence-corrected chi connectivity index (χ1v) is 7.45. The summed E-state index contributed by atoms with van der Waals surface area (Å²) in [4.78, 5) is 0.362. The standard InChI is InChI=1S/C11H14BrNOS2/c1-16-6-2-5-14-10-4-3-8(12)7-9(10)11(13)15/h3-4,7H,2,5-6H2,1H3,(H2,13,15). The Morgan fingerprint density at radius 1 is 1.56 bits per heavy atom. The molecule has 0 radical (unpaired) electrons. The number of rotatable bonds is 6. The van der Waals surface area contributed by atoms with Gasteiger partial charge in [-0.05, 0) is 36.6 Å². The van der Waals surface area contributed by atoms with Gasteiger partial charge in [0.1, 0.15) is 10.7 Å². The van der Waals surface area contributed by atoms with E-state index in [-0.39, 0.29) is 0 Å². The molecule has 0 amide bonds. The fourth-order valence-electron chi connectivity index (χ4n) is 1.21. The number of benzene rings is 1. The average Bonchev–Trinajstić information content (AvgIpc) is 2.26. The van der Waals surface area contributed by atoms with Crippen molar-refractivity contribution in [2.75, 3.05) is 18.6 Å². The van der Waals surface area contributed by atoms with E-state index in [1.54, 1.807) is 0 Å². The molecular weight excluding hydrogens is 306 g/mol. The van der Waals surface area contributed by atoms with Crippen LogP contribution in [-0.2, 0) is 0 Å². The van der Waals surface area contributed by atoms with Crippen molar-refractivity contribution in [2.24, 2.45) is 5.73 Å². The lowest BCUT2D eigenvalue weighted by atomic mass is 10.2. The third kappa shape index (κ3) is 4.31. The molecule has 2 nitrogen and oxygen atoms in total. The van der Waals surface area contributed by atoms with Gasteiger partial charge in [-0.3, -0.25) is 0 Å². The maximum Gasteiger partial charge on any atom is 0.129 e.